The molecule has 0 aliphatic carbocycles. The molecule has 8 heavy (non-hydrogen) atoms. The van der Waals surface area contributed by atoms with E-state index in [-0.39, 0.29) is 0 Å². The van der Waals surface area contributed by atoms with Crippen LogP contribution in [0.5, 0.6) is 0 Å². The van der Waals surface area contributed by atoms with Crippen molar-refractivity contribution in [2.75, 3.05) is 6.61 Å². The zero-order valence-corrected chi connectivity index (χ0v) is 8.01. The van der Waals surface area contributed by atoms with Gasteiger partial charge < -0.3 is 0 Å². The molecule has 0 saturated carbocycles. The second-order valence-electron chi connectivity index (χ2n) is 1.41. The molecule has 0 radical (unpaired) electrons. The number of unbranched alkanes of at least 4 members (excludes halogenated alkanes) is 1. The minimum absolute atomic E-state index is 0.390. The van der Waals surface area contributed by atoms with Gasteiger partial charge in [0.15, 0.2) is 0 Å². The van der Waals surface area contributed by atoms with Gasteiger partial charge in [-0.05, 0) is 0 Å². The van der Waals surface area contributed by atoms with E-state index in [4.69, 9.17) is 0 Å². The van der Waals surface area contributed by atoms with Crippen LogP contribution in [0.4, 0.5) is 0 Å². The van der Waals surface area contributed by atoms with Crippen molar-refractivity contribution in [3.05, 3.63) is 0 Å². The van der Waals surface area contributed by atoms with Crippen LogP contribution in [0.2, 0.25) is 0 Å². The van der Waals surface area contributed by atoms with E-state index in [9.17, 15) is 6.50 Å². The van der Waals surface area contributed by atoms with Crippen LogP contribution in [-0.2, 0) is 28.5 Å². The molecule has 0 N–H and O–H groups in total. The van der Waals surface area contributed by atoms with Crippen LogP contribution in [0, 0.1) is 0 Å². The zero-order chi connectivity index (χ0) is 6.41. The first-order valence-corrected chi connectivity index (χ1v) is 6.48. The summed E-state index contributed by atoms with van der Waals surface area (Å²) in [6.07, 6.45) is 1.83. The van der Waals surface area contributed by atoms with Crippen LogP contribution < -0.4 is 0 Å². The summed E-state index contributed by atoms with van der Waals surface area (Å²) in [4.78, 5) is 0. The Kier molecular flexibility index (Phi) is 5.64. The fourth-order valence-electron chi connectivity index (χ4n) is 0.283. The monoisotopic (exact) mass is 286 g/mol. The normalized spacial score (nSPS) is 9.12. The van der Waals surface area contributed by atoms with E-state index < -0.39 is 18.8 Å². The van der Waals surface area contributed by atoms with Crippen LogP contribution in [0.15, 0.2) is 0 Å². The van der Waals surface area contributed by atoms with Crippen molar-refractivity contribution in [2.45, 2.75) is 19.8 Å². The predicted octanol–water partition coefficient (Wildman–Crippen LogP) is 1.03. The van der Waals surface area contributed by atoms with Gasteiger partial charge in [0.05, 0.1) is 0 Å². The van der Waals surface area contributed by atoms with E-state index in [1.165, 1.54) is 0 Å². The van der Waals surface area contributed by atoms with Gasteiger partial charge in [0, 0.05) is 0 Å². The van der Waals surface area contributed by atoms with Crippen molar-refractivity contribution in [3.8, 4) is 0 Å². The molecular weight excluding hydrogens is 277 g/mol. The topological polar surface area (TPSA) is 43.4 Å². The molecule has 0 rings (SSSR count). The Balaban J connectivity index is 2.94. The molecule has 0 unspecified atom stereocenters. The van der Waals surface area contributed by atoms with Gasteiger partial charge >= 0.3 is 54.9 Å². The Hall–Kier alpha value is 0.300. The summed E-state index contributed by atoms with van der Waals surface area (Å²) in [5.74, 6) is 0. The van der Waals surface area contributed by atoms with Crippen molar-refractivity contribution in [1.82, 2.24) is 0 Å². The molecule has 0 aliphatic rings. The van der Waals surface area contributed by atoms with Crippen LogP contribution in [-0.4, -0.2) is 6.61 Å². The molecule has 0 saturated heterocycles. The molecule has 0 heterocycles. The van der Waals surface area contributed by atoms with Gasteiger partial charge in [-0.2, -0.15) is 0 Å². The summed E-state index contributed by atoms with van der Waals surface area (Å²) in [6, 6.07) is 0. The average molecular weight is 286 g/mol. The maximum absolute atomic E-state index is 9.83. The average Bonchev–Trinajstić information content (AvgIpc) is 1.66. The minimum atomic E-state index is -3.72. The van der Waals surface area contributed by atoms with Crippen LogP contribution in [0.1, 0.15) is 19.8 Å². The SMILES string of the molecule is CCCC[O][Ta](=[O])=[O]. The molecule has 48 valence electrons. The third kappa shape index (κ3) is 6.30. The molecule has 0 atom stereocenters. The molecule has 0 aromatic carbocycles. The van der Waals surface area contributed by atoms with Crippen molar-refractivity contribution < 1.29 is 28.5 Å². The zero-order valence-electron chi connectivity index (χ0n) is 4.79. The Morgan fingerprint density at radius 2 is 2.12 bits per heavy atom. The van der Waals surface area contributed by atoms with Gasteiger partial charge in [-0.25, -0.2) is 0 Å². The van der Waals surface area contributed by atoms with Crippen molar-refractivity contribution in [2.24, 2.45) is 0 Å². The second-order valence-corrected chi connectivity index (χ2v) is 3.94. The third-order valence-corrected chi connectivity index (χ3v) is 2.11. The first kappa shape index (κ1) is 8.30. The van der Waals surface area contributed by atoms with E-state index in [1.54, 1.807) is 0 Å². The molecule has 0 bridgehead atoms. The van der Waals surface area contributed by atoms with Gasteiger partial charge in [0.2, 0.25) is 0 Å². The van der Waals surface area contributed by atoms with Gasteiger partial charge in [0.25, 0.3) is 0 Å². The van der Waals surface area contributed by atoms with Gasteiger partial charge in [0.1, 0.15) is 0 Å². The van der Waals surface area contributed by atoms with Crippen LogP contribution in [0.3, 0.4) is 0 Å². The first-order valence-electron chi connectivity index (χ1n) is 2.54. The third-order valence-electron chi connectivity index (χ3n) is 0.695. The summed E-state index contributed by atoms with van der Waals surface area (Å²) in [7, 11) is 0. The van der Waals surface area contributed by atoms with E-state index in [0.29, 0.717) is 6.61 Å². The van der Waals surface area contributed by atoms with Crippen molar-refractivity contribution in [1.29, 1.82) is 0 Å². The summed E-state index contributed by atoms with van der Waals surface area (Å²) in [5.41, 5.74) is 0. The summed E-state index contributed by atoms with van der Waals surface area (Å²) < 4.78 is 24.0. The molecule has 0 amide bonds. The van der Waals surface area contributed by atoms with Gasteiger partial charge in [-0.1, -0.05) is 0 Å². The van der Waals surface area contributed by atoms with Crippen LogP contribution in [0.25, 0.3) is 0 Å². The molecule has 4 heteroatoms. The fraction of sp³-hybridized carbons (Fsp3) is 1.00. The number of rotatable bonds is 4. The molecule has 3 nitrogen and oxygen atoms in total. The molecule has 0 fully saturated rings. The molecule has 0 aromatic heterocycles. The van der Waals surface area contributed by atoms with Gasteiger partial charge in [-0.15, -0.1) is 0 Å². The Morgan fingerprint density at radius 1 is 1.50 bits per heavy atom. The summed E-state index contributed by atoms with van der Waals surface area (Å²) in [6.45, 7) is 2.38. The Bertz CT molecular complexity index is 99.9. The number of hydrogen-bond donors (Lipinski definition) is 0. The molecular formula is C4H9O3Ta. The van der Waals surface area contributed by atoms with Crippen molar-refractivity contribution >= 4 is 0 Å². The Labute approximate surface area is 55.3 Å². The van der Waals surface area contributed by atoms with Gasteiger partial charge in [-0.3, -0.25) is 0 Å². The predicted molar refractivity (Wildman–Crippen MR) is 22.2 cm³/mol. The van der Waals surface area contributed by atoms with Crippen molar-refractivity contribution in [3.63, 3.8) is 0 Å². The number of hydrogen-bond acceptors (Lipinski definition) is 3. The van der Waals surface area contributed by atoms with E-state index in [1.807, 2.05) is 6.92 Å². The fourth-order valence-corrected chi connectivity index (χ4v) is 1.28. The standard InChI is InChI=1S/C4H9O.2O.Ta/c1-2-3-4-5;;;/h2-4H2,1H3;;;/q-1;;;+1. The van der Waals surface area contributed by atoms with E-state index in [0.717, 1.165) is 12.8 Å². The second kappa shape index (κ2) is 5.44. The Morgan fingerprint density at radius 3 is 2.50 bits per heavy atom. The molecule has 0 aromatic rings. The maximum atomic E-state index is 9.83. The quantitative estimate of drug-likeness (QED) is 0.725. The summed E-state index contributed by atoms with van der Waals surface area (Å²) >= 11 is -3.72. The molecule has 0 spiro atoms. The van der Waals surface area contributed by atoms with E-state index in [2.05, 4.69) is 3.24 Å². The first-order chi connectivity index (χ1) is 3.77. The van der Waals surface area contributed by atoms with Crippen LogP contribution >= 0.6 is 0 Å². The molecule has 0 aliphatic heterocycles. The summed E-state index contributed by atoms with van der Waals surface area (Å²) in [5, 5.41) is 0. The van der Waals surface area contributed by atoms with E-state index >= 15 is 0 Å².